The number of aromatic nitrogens is 3. The smallest absolute Gasteiger partial charge is 0.251 e. The van der Waals surface area contributed by atoms with Gasteiger partial charge in [0.25, 0.3) is 5.91 Å². The maximum absolute atomic E-state index is 13.1. The molecule has 4 rings (SSSR count). The maximum Gasteiger partial charge on any atom is 0.251 e. The van der Waals surface area contributed by atoms with E-state index >= 15 is 0 Å². The van der Waals surface area contributed by atoms with Crippen LogP contribution in [-0.4, -0.2) is 59.5 Å². The third kappa shape index (κ3) is 4.36. The zero-order chi connectivity index (χ0) is 22.9. The summed E-state index contributed by atoms with van der Waals surface area (Å²) in [6.07, 6.45) is 1.83. The highest BCUT2D eigenvalue weighted by molar-refractivity contribution is 7.89. The molecule has 1 aliphatic heterocycles. The van der Waals surface area contributed by atoms with E-state index in [0.29, 0.717) is 24.7 Å². The second kappa shape index (κ2) is 9.14. The van der Waals surface area contributed by atoms with Crippen LogP contribution in [0.5, 0.6) is 0 Å². The molecular weight excluding hydrogens is 454 g/mol. The number of carbonyl (C=O) groups is 1. The highest BCUT2D eigenvalue weighted by Gasteiger charge is 2.30. The molecule has 1 atom stereocenters. The second-order valence-electron chi connectivity index (χ2n) is 7.84. The zero-order valence-corrected chi connectivity index (χ0v) is 19.3. The average molecular weight is 478 g/mol. The molecular formula is C21H24ClN5O4S. The molecule has 0 aliphatic carbocycles. The standard InChI is InChI=1S/C21H24ClN5O4S/c1-14(2)19(20-25-24-18-5-3-4-8-27(18)20)23-21(28)15-6-7-16(22)17(13-15)32(29,30)26-9-11-31-12-10-26/h3-8,13-14,19H,9-12H2,1-2H3,(H,23,28). The van der Waals surface area contributed by atoms with Gasteiger partial charge in [-0.3, -0.25) is 9.20 Å². The van der Waals surface area contributed by atoms with Crippen LogP contribution in [0.3, 0.4) is 0 Å². The van der Waals surface area contributed by atoms with Crippen LogP contribution in [0.2, 0.25) is 5.02 Å². The topological polar surface area (TPSA) is 106 Å². The first-order valence-corrected chi connectivity index (χ1v) is 12.1. The number of rotatable bonds is 6. The van der Waals surface area contributed by atoms with Gasteiger partial charge in [0.2, 0.25) is 10.0 Å². The quantitative estimate of drug-likeness (QED) is 0.584. The lowest BCUT2D eigenvalue weighted by molar-refractivity contribution is 0.0730. The second-order valence-corrected chi connectivity index (χ2v) is 10.2. The fourth-order valence-corrected chi connectivity index (χ4v) is 5.50. The first-order chi connectivity index (χ1) is 15.3. The Balaban J connectivity index is 1.63. The van der Waals surface area contributed by atoms with Crippen LogP contribution in [-0.2, 0) is 14.8 Å². The van der Waals surface area contributed by atoms with Gasteiger partial charge >= 0.3 is 0 Å². The summed E-state index contributed by atoms with van der Waals surface area (Å²) < 4.78 is 34.5. The van der Waals surface area contributed by atoms with Gasteiger partial charge in [0.05, 0.1) is 24.3 Å². The molecule has 1 fully saturated rings. The van der Waals surface area contributed by atoms with Crippen LogP contribution >= 0.6 is 11.6 Å². The van der Waals surface area contributed by atoms with Crippen LogP contribution in [0.4, 0.5) is 0 Å². The number of hydrogen-bond acceptors (Lipinski definition) is 6. The highest BCUT2D eigenvalue weighted by Crippen LogP contribution is 2.27. The minimum absolute atomic E-state index is 0.00964. The zero-order valence-electron chi connectivity index (χ0n) is 17.7. The van der Waals surface area contributed by atoms with Crippen LogP contribution < -0.4 is 5.32 Å². The first kappa shape index (κ1) is 22.7. The lowest BCUT2D eigenvalue weighted by Crippen LogP contribution is -2.40. The summed E-state index contributed by atoms with van der Waals surface area (Å²) in [5.74, 6) is 0.181. The van der Waals surface area contributed by atoms with Crippen molar-refractivity contribution in [1.29, 1.82) is 0 Å². The summed E-state index contributed by atoms with van der Waals surface area (Å²) in [6, 6.07) is 9.38. The minimum Gasteiger partial charge on any atom is -0.379 e. The van der Waals surface area contributed by atoms with Gasteiger partial charge in [0.1, 0.15) is 4.90 Å². The van der Waals surface area contributed by atoms with E-state index in [-0.39, 0.29) is 34.5 Å². The summed E-state index contributed by atoms with van der Waals surface area (Å²) in [4.78, 5) is 13.0. The van der Waals surface area contributed by atoms with E-state index in [1.165, 1.54) is 22.5 Å². The molecule has 9 nitrogen and oxygen atoms in total. The van der Waals surface area contributed by atoms with Gasteiger partial charge in [-0.2, -0.15) is 4.31 Å². The Kier molecular flexibility index (Phi) is 6.47. The lowest BCUT2D eigenvalue weighted by atomic mass is 10.0. The van der Waals surface area contributed by atoms with Gasteiger partial charge in [-0.1, -0.05) is 31.5 Å². The lowest BCUT2D eigenvalue weighted by Gasteiger charge is -2.26. The largest absolute Gasteiger partial charge is 0.379 e. The average Bonchev–Trinajstić information content (AvgIpc) is 3.21. The number of fused-ring (bicyclic) bond motifs is 1. The molecule has 1 amide bonds. The van der Waals surface area contributed by atoms with Crippen molar-refractivity contribution in [1.82, 2.24) is 24.2 Å². The number of carbonyl (C=O) groups excluding carboxylic acids is 1. The van der Waals surface area contributed by atoms with Crippen molar-refractivity contribution in [2.45, 2.75) is 24.8 Å². The van der Waals surface area contributed by atoms with Crippen LogP contribution in [0.15, 0.2) is 47.5 Å². The number of benzene rings is 1. The Morgan fingerprint density at radius 1 is 1.16 bits per heavy atom. The van der Waals surface area contributed by atoms with E-state index < -0.39 is 22.0 Å². The van der Waals surface area contributed by atoms with Crippen molar-refractivity contribution in [3.8, 4) is 0 Å². The molecule has 0 spiro atoms. The number of morpholine rings is 1. The fraction of sp³-hybridized carbons (Fsp3) is 0.381. The third-order valence-corrected chi connectivity index (χ3v) is 7.73. The van der Waals surface area contributed by atoms with Crippen LogP contribution in [0, 0.1) is 5.92 Å². The number of ether oxygens (including phenoxy) is 1. The van der Waals surface area contributed by atoms with Gasteiger partial charge in [0.15, 0.2) is 11.5 Å². The van der Waals surface area contributed by atoms with Gasteiger partial charge < -0.3 is 10.1 Å². The molecule has 1 unspecified atom stereocenters. The summed E-state index contributed by atoms with van der Waals surface area (Å²) >= 11 is 6.22. The molecule has 0 radical (unpaired) electrons. The fourth-order valence-electron chi connectivity index (χ4n) is 3.59. The number of amides is 1. The van der Waals surface area contributed by atoms with Gasteiger partial charge in [-0.25, -0.2) is 8.42 Å². The molecule has 0 bridgehead atoms. The summed E-state index contributed by atoms with van der Waals surface area (Å²) in [6.45, 7) is 5.05. The molecule has 11 heteroatoms. The van der Waals surface area contributed by atoms with E-state index in [1.807, 2.05) is 42.6 Å². The molecule has 1 saturated heterocycles. The van der Waals surface area contributed by atoms with Crippen molar-refractivity contribution in [2.24, 2.45) is 5.92 Å². The number of hydrogen-bond donors (Lipinski definition) is 1. The highest BCUT2D eigenvalue weighted by atomic mass is 35.5. The van der Waals surface area contributed by atoms with Crippen molar-refractivity contribution in [3.05, 3.63) is 59.0 Å². The SMILES string of the molecule is CC(C)C(NC(=O)c1ccc(Cl)c(S(=O)(=O)N2CCOCC2)c1)c1nnc2ccccn12. The molecule has 3 aromatic rings. The Hall–Kier alpha value is -2.53. The maximum atomic E-state index is 13.1. The van der Waals surface area contributed by atoms with E-state index in [0.717, 1.165) is 0 Å². The molecule has 0 saturated carbocycles. The number of pyridine rings is 1. The van der Waals surface area contributed by atoms with Crippen molar-refractivity contribution in [2.75, 3.05) is 26.3 Å². The van der Waals surface area contributed by atoms with E-state index in [4.69, 9.17) is 16.3 Å². The number of sulfonamides is 1. The van der Waals surface area contributed by atoms with Crippen molar-refractivity contribution in [3.63, 3.8) is 0 Å². The van der Waals surface area contributed by atoms with Crippen LogP contribution in [0.25, 0.3) is 5.65 Å². The van der Waals surface area contributed by atoms with E-state index in [2.05, 4.69) is 15.5 Å². The number of nitrogens with one attached hydrogen (secondary N) is 1. The minimum atomic E-state index is -3.85. The third-order valence-electron chi connectivity index (χ3n) is 5.35. The molecule has 170 valence electrons. The number of halogens is 1. The summed E-state index contributed by atoms with van der Waals surface area (Å²) in [5.41, 5.74) is 0.869. The predicted molar refractivity (Wildman–Crippen MR) is 119 cm³/mol. The van der Waals surface area contributed by atoms with E-state index in [9.17, 15) is 13.2 Å². The molecule has 1 N–H and O–H groups in total. The Morgan fingerprint density at radius 2 is 1.91 bits per heavy atom. The van der Waals surface area contributed by atoms with Crippen molar-refractivity contribution < 1.29 is 17.9 Å². The summed E-state index contributed by atoms with van der Waals surface area (Å²) in [5, 5.41) is 11.5. The Morgan fingerprint density at radius 3 is 2.62 bits per heavy atom. The first-order valence-electron chi connectivity index (χ1n) is 10.3. The molecule has 3 heterocycles. The monoisotopic (exact) mass is 477 g/mol. The van der Waals surface area contributed by atoms with Crippen LogP contribution in [0.1, 0.15) is 36.1 Å². The molecule has 1 aromatic carbocycles. The van der Waals surface area contributed by atoms with Crippen molar-refractivity contribution >= 4 is 33.2 Å². The molecule has 1 aliphatic rings. The Labute approximate surface area is 191 Å². The Bertz CT molecular complexity index is 1240. The van der Waals surface area contributed by atoms with Gasteiger partial charge in [-0.15, -0.1) is 10.2 Å². The normalized spacial score (nSPS) is 16.4. The molecule has 2 aromatic heterocycles. The van der Waals surface area contributed by atoms with E-state index in [1.54, 1.807) is 0 Å². The molecule has 32 heavy (non-hydrogen) atoms. The summed E-state index contributed by atoms with van der Waals surface area (Å²) in [7, 11) is -3.85. The number of nitrogens with zero attached hydrogens (tertiary/aromatic N) is 4. The predicted octanol–water partition coefficient (Wildman–Crippen LogP) is 2.53. The van der Waals surface area contributed by atoms with Gasteiger partial charge in [0, 0.05) is 24.8 Å². The van der Waals surface area contributed by atoms with Gasteiger partial charge in [-0.05, 0) is 36.2 Å².